The van der Waals surface area contributed by atoms with Crippen molar-refractivity contribution in [1.29, 1.82) is 0 Å². The quantitative estimate of drug-likeness (QED) is 0.651. The van der Waals surface area contributed by atoms with Crippen LogP contribution < -0.4 is 10.2 Å². The first-order valence-electron chi connectivity index (χ1n) is 9.86. The number of Topliss-reactive ketones (excluding diaryl/α,β-unsaturated/α-hetero) is 1. The third-order valence-corrected chi connectivity index (χ3v) is 5.49. The van der Waals surface area contributed by atoms with Crippen molar-refractivity contribution in [2.45, 2.75) is 26.8 Å². The van der Waals surface area contributed by atoms with Gasteiger partial charge in [0.25, 0.3) is 0 Å². The van der Waals surface area contributed by atoms with E-state index in [1.54, 1.807) is 0 Å². The third kappa shape index (κ3) is 3.50. The maximum absolute atomic E-state index is 13.2. The lowest BCUT2D eigenvalue weighted by Crippen LogP contribution is -2.36. The number of aromatic amines is 1. The van der Waals surface area contributed by atoms with Crippen molar-refractivity contribution < 1.29 is 9.53 Å². The first kappa shape index (κ1) is 18.6. The highest BCUT2D eigenvalue weighted by Crippen LogP contribution is 2.27. The summed E-state index contributed by atoms with van der Waals surface area (Å²) in [4.78, 5) is 18.8. The van der Waals surface area contributed by atoms with Crippen LogP contribution in [0.5, 0.6) is 0 Å². The van der Waals surface area contributed by atoms with Gasteiger partial charge in [0.15, 0.2) is 5.78 Å². The van der Waals surface area contributed by atoms with Gasteiger partial charge >= 0.3 is 0 Å². The fraction of sp³-hybridized carbons (Fsp3) is 0.348. The van der Waals surface area contributed by atoms with Crippen molar-refractivity contribution in [2.24, 2.45) is 0 Å². The minimum absolute atomic E-state index is 0.103. The van der Waals surface area contributed by atoms with E-state index in [4.69, 9.17) is 4.74 Å². The zero-order chi connectivity index (χ0) is 19.7. The van der Waals surface area contributed by atoms with Gasteiger partial charge in [-0.05, 0) is 50.6 Å². The van der Waals surface area contributed by atoms with Gasteiger partial charge in [-0.3, -0.25) is 4.79 Å². The monoisotopic (exact) mass is 377 g/mol. The van der Waals surface area contributed by atoms with Crippen LogP contribution in [0, 0.1) is 13.8 Å². The Hall–Kier alpha value is -2.79. The lowest BCUT2D eigenvalue weighted by Gasteiger charge is -2.29. The molecule has 1 fully saturated rings. The maximum Gasteiger partial charge on any atom is 0.187 e. The predicted octanol–water partition coefficient (Wildman–Crippen LogP) is 4.30. The van der Waals surface area contributed by atoms with Crippen LogP contribution in [0.1, 0.15) is 28.5 Å². The molecule has 1 saturated heterocycles. The summed E-state index contributed by atoms with van der Waals surface area (Å²) in [6.45, 7) is 9.35. The number of nitrogens with zero attached hydrogens (tertiary/aromatic N) is 1. The third-order valence-electron chi connectivity index (χ3n) is 5.49. The van der Waals surface area contributed by atoms with Gasteiger partial charge in [0.1, 0.15) is 0 Å². The van der Waals surface area contributed by atoms with Crippen molar-refractivity contribution >= 4 is 28.1 Å². The van der Waals surface area contributed by atoms with Gasteiger partial charge in [0.2, 0.25) is 0 Å². The van der Waals surface area contributed by atoms with E-state index in [2.05, 4.69) is 40.3 Å². The van der Waals surface area contributed by atoms with E-state index in [-0.39, 0.29) is 11.8 Å². The molecule has 3 aromatic rings. The van der Waals surface area contributed by atoms with Crippen molar-refractivity contribution in [1.82, 2.24) is 4.98 Å². The number of hydrogen-bond donors (Lipinski definition) is 2. The summed E-state index contributed by atoms with van der Waals surface area (Å²) in [6, 6.07) is 14.0. The maximum atomic E-state index is 13.2. The summed E-state index contributed by atoms with van der Waals surface area (Å²) >= 11 is 0. The van der Waals surface area contributed by atoms with Crippen molar-refractivity contribution in [3.05, 3.63) is 59.3 Å². The van der Waals surface area contributed by atoms with Crippen LogP contribution in [-0.4, -0.2) is 43.1 Å². The molecule has 2 N–H and O–H groups in total. The number of anilines is 2. The molecule has 0 radical (unpaired) electrons. The average molecular weight is 377 g/mol. The van der Waals surface area contributed by atoms with E-state index in [9.17, 15) is 4.79 Å². The zero-order valence-electron chi connectivity index (χ0n) is 16.7. The molecule has 1 aliphatic heterocycles. The molecule has 2 heterocycles. The Bertz CT molecular complexity index is 1000. The lowest BCUT2D eigenvalue weighted by atomic mass is 10.0. The number of benzene rings is 2. The van der Waals surface area contributed by atoms with Crippen LogP contribution in [0.25, 0.3) is 10.9 Å². The Balaban J connectivity index is 1.53. The summed E-state index contributed by atoms with van der Waals surface area (Å²) < 4.78 is 5.44. The normalized spacial score (nSPS) is 15.6. The van der Waals surface area contributed by atoms with Gasteiger partial charge in [-0.1, -0.05) is 18.2 Å². The molecule has 5 nitrogen and oxygen atoms in total. The summed E-state index contributed by atoms with van der Waals surface area (Å²) in [5, 5.41) is 4.40. The fourth-order valence-electron chi connectivity index (χ4n) is 3.94. The minimum Gasteiger partial charge on any atom is -0.378 e. The number of para-hydroxylation sites is 1. The van der Waals surface area contributed by atoms with Crippen LogP contribution in [-0.2, 0) is 4.74 Å². The SMILES string of the molecule is Cc1cc(N2CCOCC2)ccc1NC(C)C(=O)c1c(C)[nH]c2ccccc12. The molecule has 1 aliphatic rings. The molecule has 2 aromatic carbocycles. The fourth-order valence-corrected chi connectivity index (χ4v) is 3.94. The molecule has 1 unspecified atom stereocenters. The first-order valence-corrected chi connectivity index (χ1v) is 9.86. The standard InChI is InChI=1S/C23H27N3O2/c1-15-14-18(26-10-12-28-13-11-26)8-9-20(15)25-17(3)23(27)22-16(2)24-21-7-5-4-6-19(21)22/h4-9,14,17,24-25H,10-13H2,1-3H3. The molecule has 0 saturated carbocycles. The summed E-state index contributed by atoms with van der Waals surface area (Å²) in [6.07, 6.45) is 0. The second-order valence-corrected chi connectivity index (χ2v) is 7.50. The number of aromatic nitrogens is 1. The van der Waals surface area contributed by atoms with E-state index in [0.29, 0.717) is 0 Å². The van der Waals surface area contributed by atoms with Crippen LogP contribution in [0.15, 0.2) is 42.5 Å². The molecular weight excluding hydrogens is 350 g/mol. The molecule has 1 atom stereocenters. The van der Waals surface area contributed by atoms with E-state index >= 15 is 0 Å². The Labute approximate surface area is 165 Å². The van der Waals surface area contributed by atoms with Crippen LogP contribution in [0.4, 0.5) is 11.4 Å². The zero-order valence-corrected chi connectivity index (χ0v) is 16.7. The number of carbonyl (C=O) groups excluding carboxylic acids is 1. The van der Waals surface area contributed by atoms with Gasteiger partial charge in [-0.2, -0.15) is 0 Å². The van der Waals surface area contributed by atoms with E-state index in [1.807, 2.05) is 38.1 Å². The number of ether oxygens (including phenoxy) is 1. The Kier molecular flexibility index (Phi) is 5.09. The molecule has 5 heteroatoms. The van der Waals surface area contributed by atoms with Gasteiger partial charge in [-0.15, -0.1) is 0 Å². The number of nitrogens with one attached hydrogen (secondary N) is 2. The number of fused-ring (bicyclic) bond motifs is 1. The number of hydrogen-bond acceptors (Lipinski definition) is 4. The minimum atomic E-state index is -0.314. The summed E-state index contributed by atoms with van der Waals surface area (Å²) in [5.74, 6) is 0.103. The number of morpholine rings is 1. The smallest absolute Gasteiger partial charge is 0.187 e. The summed E-state index contributed by atoms with van der Waals surface area (Å²) in [5.41, 5.74) is 6.03. The van der Waals surface area contributed by atoms with Crippen LogP contribution >= 0.6 is 0 Å². The average Bonchev–Trinajstić information content (AvgIpc) is 3.05. The molecule has 146 valence electrons. The van der Waals surface area contributed by atoms with E-state index in [0.717, 1.165) is 59.7 Å². The Morgan fingerprint density at radius 3 is 2.64 bits per heavy atom. The molecule has 0 aliphatic carbocycles. The van der Waals surface area contributed by atoms with Gasteiger partial charge in [-0.25, -0.2) is 0 Å². The highest BCUT2D eigenvalue weighted by molar-refractivity contribution is 6.12. The molecule has 4 rings (SSSR count). The van der Waals surface area contributed by atoms with E-state index < -0.39 is 0 Å². The van der Waals surface area contributed by atoms with Crippen molar-refractivity contribution in [3.8, 4) is 0 Å². The van der Waals surface area contributed by atoms with E-state index in [1.165, 1.54) is 5.69 Å². The highest BCUT2D eigenvalue weighted by atomic mass is 16.5. The van der Waals surface area contributed by atoms with Gasteiger partial charge in [0.05, 0.1) is 19.3 Å². The second-order valence-electron chi connectivity index (χ2n) is 7.50. The Morgan fingerprint density at radius 2 is 1.89 bits per heavy atom. The molecule has 0 bridgehead atoms. The topological polar surface area (TPSA) is 57.4 Å². The van der Waals surface area contributed by atoms with Crippen LogP contribution in [0.2, 0.25) is 0 Å². The number of ketones is 1. The van der Waals surface area contributed by atoms with Crippen molar-refractivity contribution in [2.75, 3.05) is 36.5 Å². The summed E-state index contributed by atoms with van der Waals surface area (Å²) in [7, 11) is 0. The predicted molar refractivity (Wildman–Crippen MR) is 115 cm³/mol. The molecule has 0 amide bonds. The molecular formula is C23H27N3O2. The number of aryl methyl sites for hydroxylation is 2. The molecule has 0 spiro atoms. The van der Waals surface area contributed by atoms with Crippen molar-refractivity contribution in [3.63, 3.8) is 0 Å². The lowest BCUT2D eigenvalue weighted by molar-refractivity contribution is 0.0976. The van der Waals surface area contributed by atoms with Gasteiger partial charge in [0, 0.05) is 46.6 Å². The van der Waals surface area contributed by atoms with Crippen LogP contribution in [0.3, 0.4) is 0 Å². The largest absolute Gasteiger partial charge is 0.378 e. The number of rotatable bonds is 5. The first-order chi connectivity index (χ1) is 13.5. The van der Waals surface area contributed by atoms with Gasteiger partial charge < -0.3 is 19.9 Å². The molecule has 28 heavy (non-hydrogen) atoms. The highest BCUT2D eigenvalue weighted by Gasteiger charge is 2.22. The second kappa shape index (κ2) is 7.68. The Morgan fingerprint density at radius 1 is 1.14 bits per heavy atom. The molecule has 1 aromatic heterocycles. The number of H-pyrrole nitrogens is 1. The number of carbonyl (C=O) groups is 1.